The number of aryl methyl sites for hydroxylation is 6. The SMILES string of the molecule is C=P(c1ccccc1)(c1ccccc1)c1ccc(-c2cccc3cccc(-c4ccc(B(c5c(C)cc(C)cc5C)c5c(C)cc(C)cc5C)cc4)c23)cc1. The summed E-state index contributed by atoms with van der Waals surface area (Å²) in [5.41, 5.74) is 17.1. The smallest absolute Gasteiger partial charge is 0.0887 e. The van der Waals surface area contributed by atoms with Crippen LogP contribution in [0.5, 0.6) is 0 Å². The minimum absolute atomic E-state index is 0.145. The second kappa shape index (κ2) is 14.9. The van der Waals surface area contributed by atoms with Gasteiger partial charge in [0.25, 0.3) is 0 Å². The van der Waals surface area contributed by atoms with Crippen LogP contribution in [0.15, 0.2) is 170 Å². The van der Waals surface area contributed by atoms with Crippen LogP contribution in [0.2, 0.25) is 0 Å². The van der Waals surface area contributed by atoms with Crippen molar-refractivity contribution in [2.75, 3.05) is 0 Å². The molecule has 8 aromatic carbocycles. The van der Waals surface area contributed by atoms with E-state index in [1.807, 2.05) is 0 Å². The Bertz CT molecular complexity index is 2550. The van der Waals surface area contributed by atoms with Gasteiger partial charge in [-0.1, -0.05) is 226 Å². The predicted molar refractivity (Wildman–Crippen MR) is 247 cm³/mol. The second-order valence-electron chi connectivity index (χ2n) is 15.4. The summed E-state index contributed by atoms with van der Waals surface area (Å²) in [6, 6.07) is 63.1. The molecule has 0 aromatic heterocycles. The van der Waals surface area contributed by atoms with Crippen LogP contribution in [0.4, 0.5) is 0 Å². The fraction of sp³-hybridized carbons (Fsp3) is 0.113. The lowest BCUT2D eigenvalue weighted by Gasteiger charge is -2.27. The van der Waals surface area contributed by atoms with Crippen LogP contribution in [-0.4, -0.2) is 13.0 Å². The second-order valence-corrected chi connectivity index (χ2v) is 18.6. The molecule has 0 radical (unpaired) electrons. The lowest BCUT2D eigenvalue weighted by atomic mass is 9.34. The van der Waals surface area contributed by atoms with Crippen molar-refractivity contribution < 1.29 is 0 Å². The van der Waals surface area contributed by atoms with Gasteiger partial charge < -0.3 is 0 Å². The van der Waals surface area contributed by atoms with Gasteiger partial charge in [-0.2, -0.15) is 0 Å². The summed E-state index contributed by atoms with van der Waals surface area (Å²) in [6.07, 6.45) is 4.98. The first kappa shape index (κ1) is 36.4. The molecule has 0 aliphatic carbocycles. The molecule has 0 nitrogen and oxygen atoms in total. The molecule has 0 bridgehead atoms. The van der Waals surface area contributed by atoms with Gasteiger partial charge in [0.05, 0.1) is 0 Å². The van der Waals surface area contributed by atoms with Gasteiger partial charge in [-0.25, -0.2) is 0 Å². The Labute approximate surface area is 328 Å². The van der Waals surface area contributed by atoms with Crippen molar-refractivity contribution in [1.29, 1.82) is 0 Å². The molecule has 0 unspecified atom stereocenters. The molecular formula is C53H48BP. The van der Waals surface area contributed by atoms with Gasteiger partial charge in [-0.05, 0) is 97.4 Å². The van der Waals surface area contributed by atoms with E-state index in [1.165, 1.54) is 98.7 Å². The number of hydrogen-bond donors (Lipinski definition) is 0. The summed E-state index contributed by atoms with van der Waals surface area (Å²) in [5.74, 6) is 0. The van der Waals surface area contributed by atoms with Crippen molar-refractivity contribution in [2.45, 2.75) is 41.5 Å². The summed E-state index contributed by atoms with van der Waals surface area (Å²) in [7, 11) is 0. The van der Waals surface area contributed by atoms with Gasteiger partial charge in [0.1, 0.15) is 0 Å². The Morgan fingerprint density at radius 3 is 1.20 bits per heavy atom. The zero-order valence-electron chi connectivity index (χ0n) is 32.9. The first-order chi connectivity index (χ1) is 26.6. The maximum Gasteiger partial charge on any atom is 0.242 e. The molecule has 2 heteroatoms. The molecule has 0 fully saturated rings. The number of fused-ring (bicyclic) bond motifs is 1. The zero-order valence-corrected chi connectivity index (χ0v) is 33.8. The highest BCUT2D eigenvalue weighted by Crippen LogP contribution is 2.43. The highest BCUT2D eigenvalue weighted by atomic mass is 31.2. The molecule has 0 saturated heterocycles. The van der Waals surface area contributed by atoms with Crippen molar-refractivity contribution in [3.8, 4) is 22.3 Å². The first-order valence-corrected chi connectivity index (χ1v) is 21.3. The average molecular weight is 727 g/mol. The van der Waals surface area contributed by atoms with Crippen LogP contribution in [-0.2, 0) is 0 Å². The molecular weight excluding hydrogens is 678 g/mol. The fourth-order valence-electron chi connectivity index (χ4n) is 9.16. The van der Waals surface area contributed by atoms with Crippen LogP contribution in [0.1, 0.15) is 33.4 Å². The molecule has 0 spiro atoms. The molecule has 0 amide bonds. The van der Waals surface area contributed by atoms with E-state index in [0.29, 0.717) is 0 Å². The predicted octanol–water partition coefficient (Wildman–Crippen LogP) is 10.3. The minimum atomic E-state index is -2.07. The van der Waals surface area contributed by atoms with Crippen LogP contribution in [0, 0.1) is 41.5 Å². The van der Waals surface area contributed by atoms with Crippen molar-refractivity contribution in [2.24, 2.45) is 0 Å². The molecule has 0 saturated carbocycles. The minimum Gasteiger partial charge on any atom is -0.0887 e. The highest BCUT2D eigenvalue weighted by Gasteiger charge is 2.29. The van der Waals surface area contributed by atoms with E-state index in [1.54, 1.807) is 0 Å². The maximum atomic E-state index is 4.98. The lowest BCUT2D eigenvalue weighted by molar-refractivity contribution is 1.34. The van der Waals surface area contributed by atoms with E-state index >= 15 is 0 Å². The Morgan fingerprint density at radius 1 is 0.400 bits per heavy atom. The van der Waals surface area contributed by atoms with E-state index in [0.717, 1.165) is 0 Å². The third-order valence-electron chi connectivity index (χ3n) is 11.5. The van der Waals surface area contributed by atoms with Gasteiger partial charge in [-0.3, -0.25) is 0 Å². The van der Waals surface area contributed by atoms with Gasteiger partial charge in [-0.15, -0.1) is 0 Å². The summed E-state index contributed by atoms with van der Waals surface area (Å²) < 4.78 is 0. The number of benzene rings is 8. The van der Waals surface area contributed by atoms with Gasteiger partial charge >= 0.3 is 0 Å². The van der Waals surface area contributed by atoms with Crippen molar-refractivity contribution >= 4 is 63.0 Å². The third-order valence-corrected chi connectivity index (χ3v) is 15.1. The molecule has 268 valence electrons. The van der Waals surface area contributed by atoms with Gasteiger partial charge in [0.2, 0.25) is 6.71 Å². The Kier molecular flexibility index (Phi) is 9.85. The molecule has 0 aliphatic rings. The summed E-state index contributed by atoms with van der Waals surface area (Å²) in [6.45, 7) is 11.6. The molecule has 0 atom stereocenters. The Morgan fingerprint density at radius 2 is 0.782 bits per heavy atom. The normalized spacial score (nSPS) is 11.5. The number of hydrogen-bond acceptors (Lipinski definition) is 0. The van der Waals surface area contributed by atoms with Crippen molar-refractivity contribution in [3.05, 3.63) is 203 Å². The van der Waals surface area contributed by atoms with Crippen molar-refractivity contribution in [1.82, 2.24) is 0 Å². The molecule has 0 N–H and O–H groups in total. The van der Waals surface area contributed by atoms with Crippen LogP contribution in [0.25, 0.3) is 33.0 Å². The van der Waals surface area contributed by atoms with Gasteiger partial charge in [0, 0.05) is 0 Å². The zero-order chi connectivity index (χ0) is 38.3. The largest absolute Gasteiger partial charge is 0.242 e. The monoisotopic (exact) mass is 726 g/mol. The molecule has 0 heterocycles. The topological polar surface area (TPSA) is 0 Å². The highest BCUT2D eigenvalue weighted by molar-refractivity contribution is 7.93. The molecule has 0 aliphatic heterocycles. The first-order valence-electron chi connectivity index (χ1n) is 19.4. The molecule has 8 rings (SSSR count). The van der Waals surface area contributed by atoms with E-state index in [9.17, 15) is 0 Å². The van der Waals surface area contributed by atoms with Crippen LogP contribution < -0.4 is 32.3 Å². The average Bonchev–Trinajstić information content (AvgIpc) is 3.19. The number of rotatable bonds is 8. The summed E-state index contributed by atoms with van der Waals surface area (Å²) in [5, 5.41) is 6.36. The standard InChI is InChI=1S/C53H48BP/c1-36-32-38(3)52(39(4)33-36)54(53-40(5)34-37(2)35-41(53)6)45-28-24-42(25-29-45)49-22-14-16-44-17-15-23-50(51(44)49)43-26-30-48(31-27-43)55(7,46-18-10-8-11-19-46)47-20-12-9-13-21-47/h8-35H,7H2,1-6H3. The molecule has 8 aromatic rings. The lowest BCUT2D eigenvalue weighted by Crippen LogP contribution is -2.55. The van der Waals surface area contributed by atoms with Crippen molar-refractivity contribution in [3.63, 3.8) is 0 Å². The summed E-state index contributed by atoms with van der Waals surface area (Å²) in [4.78, 5) is 0. The quantitative estimate of drug-likeness (QED) is 0.108. The van der Waals surface area contributed by atoms with E-state index in [-0.39, 0.29) is 6.71 Å². The third kappa shape index (κ3) is 6.73. The Hall–Kier alpha value is -5.62. The van der Waals surface area contributed by atoms with Gasteiger partial charge in [0.15, 0.2) is 0 Å². The van der Waals surface area contributed by atoms with Crippen LogP contribution in [0.3, 0.4) is 0 Å². The van der Waals surface area contributed by atoms with E-state index in [4.69, 9.17) is 6.30 Å². The fourth-order valence-corrected chi connectivity index (χ4v) is 12.1. The van der Waals surface area contributed by atoms with E-state index < -0.39 is 6.89 Å². The van der Waals surface area contributed by atoms with E-state index in [2.05, 4.69) is 211 Å². The molecule has 55 heavy (non-hydrogen) atoms. The maximum absolute atomic E-state index is 4.98. The summed E-state index contributed by atoms with van der Waals surface area (Å²) >= 11 is 0. The Balaban J connectivity index is 1.23. The van der Waals surface area contributed by atoms with Crippen LogP contribution >= 0.6 is 6.89 Å².